The largest absolute Gasteiger partial charge is 0.325 e. The van der Waals surface area contributed by atoms with E-state index >= 15 is 0 Å². The van der Waals surface area contributed by atoms with E-state index in [9.17, 15) is 23.3 Å². The van der Waals surface area contributed by atoms with E-state index < -0.39 is 38.0 Å². The van der Waals surface area contributed by atoms with E-state index in [2.05, 4.69) is 5.32 Å². The molecule has 0 bridgehead atoms. The van der Waals surface area contributed by atoms with Crippen LogP contribution >= 0.6 is 0 Å². The number of anilines is 1. The molecule has 0 aliphatic carbocycles. The summed E-state index contributed by atoms with van der Waals surface area (Å²) < 4.78 is 26.3. The zero-order valence-electron chi connectivity index (χ0n) is 11.8. The van der Waals surface area contributed by atoms with Crippen LogP contribution in [0.5, 0.6) is 0 Å². The van der Waals surface area contributed by atoms with Crippen LogP contribution in [0.15, 0.2) is 59.5 Å². The molecule has 9 heteroatoms. The third-order valence-corrected chi connectivity index (χ3v) is 4.28. The fraction of sp³-hybridized carbons (Fsp3) is 0.0714. The van der Waals surface area contributed by atoms with Crippen molar-refractivity contribution in [2.45, 2.75) is 4.90 Å². The molecule has 2 N–H and O–H groups in total. The molecule has 23 heavy (non-hydrogen) atoms. The first-order chi connectivity index (χ1) is 10.9. The Morgan fingerprint density at radius 1 is 1.04 bits per heavy atom. The van der Waals surface area contributed by atoms with Crippen molar-refractivity contribution in [1.82, 2.24) is 4.72 Å². The van der Waals surface area contributed by atoms with Crippen molar-refractivity contribution in [2.75, 3.05) is 11.9 Å². The Kier molecular flexibility index (Phi) is 5.04. The fourth-order valence-electron chi connectivity index (χ4n) is 1.80. The number of carbonyl (C=O) groups excluding carboxylic acids is 1. The van der Waals surface area contributed by atoms with Gasteiger partial charge in [-0.15, -0.1) is 0 Å². The van der Waals surface area contributed by atoms with Gasteiger partial charge in [-0.2, -0.15) is 0 Å². The Balaban J connectivity index is 2.08. The lowest BCUT2D eigenvalue weighted by atomic mass is 10.3. The van der Waals surface area contributed by atoms with Gasteiger partial charge in [-0.05, 0) is 18.2 Å². The number of para-hydroxylation sites is 2. The molecule has 120 valence electrons. The molecular weight excluding hydrogens is 322 g/mol. The highest BCUT2D eigenvalue weighted by Crippen LogP contribution is 2.22. The van der Waals surface area contributed by atoms with Gasteiger partial charge >= 0.3 is 0 Å². The second kappa shape index (κ2) is 6.99. The Bertz CT molecular complexity index is 821. The predicted octanol–water partition coefficient (Wildman–Crippen LogP) is 1.51. The molecule has 0 fully saturated rings. The van der Waals surface area contributed by atoms with Crippen LogP contribution in [0, 0.1) is 10.1 Å². The number of nitrogens with zero attached hydrogens (tertiary/aromatic N) is 1. The summed E-state index contributed by atoms with van der Waals surface area (Å²) in [5, 5.41) is 13.4. The molecule has 0 aromatic heterocycles. The Morgan fingerprint density at radius 2 is 1.65 bits per heavy atom. The third kappa shape index (κ3) is 4.34. The molecule has 0 atom stereocenters. The minimum Gasteiger partial charge on any atom is -0.325 e. The summed E-state index contributed by atoms with van der Waals surface area (Å²) in [6.07, 6.45) is 0. The molecular formula is C14H13N3O5S. The number of amides is 1. The van der Waals surface area contributed by atoms with E-state index in [0.29, 0.717) is 5.69 Å². The summed E-state index contributed by atoms with van der Waals surface area (Å²) in [5.74, 6) is -0.585. The Morgan fingerprint density at radius 3 is 2.30 bits per heavy atom. The lowest BCUT2D eigenvalue weighted by Gasteiger charge is -2.08. The van der Waals surface area contributed by atoms with Crippen LogP contribution in [0.3, 0.4) is 0 Å². The monoisotopic (exact) mass is 335 g/mol. The lowest BCUT2D eigenvalue weighted by Crippen LogP contribution is -2.33. The lowest BCUT2D eigenvalue weighted by molar-refractivity contribution is -0.387. The smallest absolute Gasteiger partial charge is 0.289 e. The van der Waals surface area contributed by atoms with Gasteiger partial charge in [0.25, 0.3) is 5.69 Å². The quantitative estimate of drug-likeness (QED) is 0.613. The Labute approximate surface area is 132 Å². The number of hydrogen-bond donors (Lipinski definition) is 2. The Hall–Kier alpha value is -2.78. The molecule has 2 rings (SSSR count). The van der Waals surface area contributed by atoms with Gasteiger partial charge in [0.05, 0.1) is 11.5 Å². The maximum absolute atomic E-state index is 12.1. The molecule has 0 aliphatic rings. The van der Waals surface area contributed by atoms with Crippen molar-refractivity contribution in [2.24, 2.45) is 0 Å². The first kappa shape index (κ1) is 16.6. The normalized spacial score (nSPS) is 11.0. The van der Waals surface area contributed by atoms with Crippen molar-refractivity contribution in [3.8, 4) is 0 Å². The SMILES string of the molecule is O=C(CNS(=O)(=O)c1ccccc1[N+](=O)[O-])Nc1ccccc1. The summed E-state index contributed by atoms with van der Waals surface area (Å²) in [6.45, 7) is -0.538. The van der Waals surface area contributed by atoms with Gasteiger partial charge in [0.15, 0.2) is 4.90 Å². The second-order valence-electron chi connectivity index (χ2n) is 4.46. The summed E-state index contributed by atoms with van der Waals surface area (Å²) in [5.41, 5.74) is -0.0362. The average molecular weight is 335 g/mol. The van der Waals surface area contributed by atoms with Gasteiger partial charge in [0.2, 0.25) is 15.9 Å². The summed E-state index contributed by atoms with van der Waals surface area (Å²) in [7, 11) is -4.18. The molecule has 0 saturated heterocycles. The first-order valence-corrected chi connectivity index (χ1v) is 7.96. The van der Waals surface area contributed by atoms with Crippen molar-refractivity contribution >= 4 is 27.3 Å². The highest BCUT2D eigenvalue weighted by atomic mass is 32.2. The van der Waals surface area contributed by atoms with E-state index in [1.54, 1.807) is 30.3 Å². The number of nitrogens with one attached hydrogen (secondary N) is 2. The predicted molar refractivity (Wildman–Crippen MR) is 83.4 cm³/mol. The van der Waals surface area contributed by atoms with Crippen LogP contribution in [-0.2, 0) is 14.8 Å². The fourth-order valence-corrected chi connectivity index (χ4v) is 2.95. The van der Waals surface area contributed by atoms with Crippen LogP contribution in [0.4, 0.5) is 11.4 Å². The van der Waals surface area contributed by atoms with Crippen LogP contribution < -0.4 is 10.0 Å². The summed E-state index contributed by atoms with van der Waals surface area (Å²) >= 11 is 0. The zero-order valence-corrected chi connectivity index (χ0v) is 12.6. The minimum absolute atomic E-state index is 0.488. The van der Waals surface area contributed by atoms with Crippen LogP contribution in [-0.4, -0.2) is 25.8 Å². The minimum atomic E-state index is -4.18. The summed E-state index contributed by atoms with van der Waals surface area (Å²) in [6, 6.07) is 13.4. The first-order valence-electron chi connectivity index (χ1n) is 6.48. The average Bonchev–Trinajstić information content (AvgIpc) is 2.54. The van der Waals surface area contributed by atoms with Gasteiger partial charge in [-0.25, -0.2) is 13.1 Å². The maximum Gasteiger partial charge on any atom is 0.289 e. The number of carbonyl (C=O) groups is 1. The van der Waals surface area contributed by atoms with E-state index in [4.69, 9.17) is 0 Å². The highest BCUT2D eigenvalue weighted by molar-refractivity contribution is 7.89. The van der Waals surface area contributed by atoms with Crippen LogP contribution in [0.25, 0.3) is 0 Å². The molecule has 8 nitrogen and oxygen atoms in total. The molecule has 0 heterocycles. The molecule has 0 radical (unpaired) electrons. The van der Waals surface area contributed by atoms with Gasteiger partial charge in [-0.3, -0.25) is 14.9 Å². The van der Waals surface area contributed by atoms with Crippen LogP contribution in [0.2, 0.25) is 0 Å². The number of nitro benzene ring substituents is 1. The van der Waals surface area contributed by atoms with Crippen molar-refractivity contribution in [1.29, 1.82) is 0 Å². The number of hydrogen-bond acceptors (Lipinski definition) is 5. The van der Waals surface area contributed by atoms with Crippen molar-refractivity contribution < 1.29 is 18.1 Å². The van der Waals surface area contributed by atoms with E-state index in [1.807, 2.05) is 4.72 Å². The van der Waals surface area contributed by atoms with Crippen molar-refractivity contribution in [3.05, 3.63) is 64.7 Å². The number of benzene rings is 2. The maximum atomic E-state index is 12.1. The summed E-state index contributed by atoms with van der Waals surface area (Å²) in [4.78, 5) is 21.3. The zero-order chi connectivity index (χ0) is 16.9. The van der Waals surface area contributed by atoms with E-state index in [-0.39, 0.29) is 0 Å². The highest BCUT2D eigenvalue weighted by Gasteiger charge is 2.25. The molecule has 1 amide bonds. The topological polar surface area (TPSA) is 118 Å². The molecule has 0 unspecified atom stereocenters. The number of rotatable bonds is 6. The molecule has 0 aliphatic heterocycles. The van der Waals surface area contributed by atoms with Gasteiger partial charge in [0, 0.05) is 11.8 Å². The molecule has 0 spiro atoms. The van der Waals surface area contributed by atoms with E-state index in [0.717, 1.165) is 12.1 Å². The molecule has 0 saturated carbocycles. The van der Waals surface area contributed by atoms with Gasteiger partial charge in [-0.1, -0.05) is 30.3 Å². The molecule has 2 aromatic rings. The van der Waals surface area contributed by atoms with Crippen molar-refractivity contribution in [3.63, 3.8) is 0 Å². The van der Waals surface area contributed by atoms with Gasteiger partial charge < -0.3 is 5.32 Å². The van der Waals surface area contributed by atoms with E-state index in [1.165, 1.54) is 12.1 Å². The number of nitro groups is 1. The van der Waals surface area contributed by atoms with Gasteiger partial charge in [0.1, 0.15) is 0 Å². The van der Waals surface area contributed by atoms with Crippen LogP contribution in [0.1, 0.15) is 0 Å². The number of sulfonamides is 1. The second-order valence-corrected chi connectivity index (χ2v) is 6.20. The molecule has 2 aromatic carbocycles. The standard InChI is InChI=1S/C14H13N3O5S/c18-14(16-11-6-2-1-3-7-11)10-15-23(21,22)13-9-5-4-8-12(13)17(19)20/h1-9,15H,10H2,(H,16,18). The third-order valence-electron chi connectivity index (χ3n) is 2.83.